The Morgan fingerprint density at radius 2 is 2.05 bits per heavy atom. The Kier molecular flexibility index (Phi) is 5.95. The van der Waals surface area contributed by atoms with Crippen molar-refractivity contribution >= 4 is 11.8 Å². The molecule has 0 spiro atoms. The maximum atomic E-state index is 11.9. The number of rotatable bonds is 6. The van der Waals surface area contributed by atoms with Crippen molar-refractivity contribution in [3.05, 3.63) is 29.6 Å². The van der Waals surface area contributed by atoms with Crippen molar-refractivity contribution in [1.82, 2.24) is 20.5 Å². The molecule has 0 saturated carbocycles. The Labute approximate surface area is 113 Å². The largest absolute Gasteiger partial charge is 0.351 e. The second-order valence-electron chi connectivity index (χ2n) is 4.50. The van der Waals surface area contributed by atoms with Crippen LogP contribution in [0.5, 0.6) is 0 Å². The van der Waals surface area contributed by atoms with E-state index in [1.165, 1.54) is 6.92 Å². The molecule has 0 fully saturated rings. The number of carbonyl (C=O) groups excluding carboxylic acids is 2. The molecule has 1 heterocycles. The van der Waals surface area contributed by atoms with Gasteiger partial charge in [0.05, 0.1) is 12.2 Å². The van der Waals surface area contributed by atoms with Crippen molar-refractivity contribution in [3.8, 4) is 0 Å². The number of amides is 2. The van der Waals surface area contributed by atoms with Gasteiger partial charge in [-0.1, -0.05) is 0 Å². The summed E-state index contributed by atoms with van der Waals surface area (Å²) in [5, 5.41) is 5.47. The Bertz CT molecular complexity index is 446. The molecule has 0 aromatic carbocycles. The minimum Gasteiger partial charge on any atom is -0.351 e. The predicted octanol–water partition coefficient (Wildman–Crippen LogP) is 0.00910. The van der Waals surface area contributed by atoms with E-state index in [0.29, 0.717) is 24.3 Å². The second-order valence-corrected chi connectivity index (χ2v) is 4.50. The van der Waals surface area contributed by atoms with Crippen LogP contribution in [-0.2, 0) is 11.3 Å². The van der Waals surface area contributed by atoms with Gasteiger partial charge in [-0.15, -0.1) is 0 Å². The van der Waals surface area contributed by atoms with Crippen LogP contribution in [0.15, 0.2) is 18.3 Å². The first kappa shape index (κ1) is 15.1. The zero-order valence-electron chi connectivity index (χ0n) is 11.6. The molecule has 0 aliphatic heterocycles. The van der Waals surface area contributed by atoms with Crippen molar-refractivity contribution in [2.75, 3.05) is 27.2 Å². The van der Waals surface area contributed by atoms with Gasteiger partial charge in [-0.2, -0.15) is 0 Å². The highest BCUT2D eigenvalue weighted by Crippen LogP contribution is 2.01. The second kappa shape index (κ2) is 7.48. The molecular formula is C13H20N4O2. The number of carbonyl (C=O) groups is 2. The summed E-state index contributed by atoms with van der Waals surface area (Å²) >= 11 is 0. The van der Waals surface area contributed by atoms with Gasteiger partial charge < -0.3 is 15.5 Å². The molecule has 104 valence electrons. The van der Waals surface area contributed by atoms with Gasteiger partial charge in [0.15, 0.2) is 0 Å². The predicted molar refractivity (Wildman–Crippen MR) is 72.6 cm³/mol. The lowest BCUT2D eigenvalue weighted by Crippen LogP contribution is -2.31. The number of hydrogen-bond acceptors (Lipinski definition) is 4. The maximum Gasteiger partial charge on any atom is 0.251 e. The first-order valence-electron chi connectivity index (χ1n) is 6.11. The summed E-state index contributed by atoms with van der Waals surface area (Å²) in [6, 6.07) is 3.34. The summed E-state index contributed by atoms with van der Waals surface area (Å²) in [6.07, 6.45) is 1.57. The zero-order chi connectivity index (χ0) is 14.3. The lowest BCUT2D eigenvalue weighted by molar-refractivity contribution is -0.119. The fourth-order valence-corrected chi connectivity index (χ4v) is 1.43. The number of nitrogens with zero attached hydrogens (tertiary/aromatic N) is 2. The average molecular weight is 264 g/mol. The number of pyridine rings is 1. The molecule has 1 aromatic heterocycles. The van der Waals surface area contributed by atoms with Crippen LogP contribution < -0.4 is 10.6 Å². The number of likely N-dealkylation sites (N-methyl/N-ethyl adjacent to an activating group) is 1. The quantitative estimate of drug-likeness (QED) is 0.759. The third kappa shape index (κ3) is 5.96. The van der Waals surface area contributed by atoms with Gasteiger partial charge in [0.2, 0.25) is 5.91 Å². The molecule has 19 heavy (non-hydrogen) atoms. The van der Waals surface area contributed by atoms with Crippen LogP contribution in [0.2, 0.25) is 0 Å². The average Bonchev–Trinajstić information content (AvgIpc) is 2.36. The van der Waals surface area contributed by atoms with Crippen molar-refractivity contribution in [3.63, 3.8) is 0 Å². The highest BCUT2D eigenvalue weighted by Gasteiger charge is 2.06. The van der Waals surface area contributed by atoms with Gasteiger partial charge in [0.1, 0.15) is 0 Å². The van der Waals surface area contributed by atoms with E-state index in [4.69, 9.17) is 0 Å². The van der Waals surface area contributed by atoms with E-state index in [1.807, 2.05) is 19.0 Å². The van der Waals surface area contributed by atoms with E-state index in [0.717, 1.165) is 6.54 Å². The molecule has 6 heteroatoms. The fraction of sp³-hybridized carbons (Fsp3) is 0.462. The standard InChI is InChI=1S/C13H20N4O2/c1-10(18)16-9-12-8-11(4-5-14-12)13(19)15-6-7-17(2)3/h4-5,8H,6-7,9H2,1-3H3,(H,15,19)(H,16,18). The Hall–Kier alpha value is -1.95. The van der Waals surface area contributed by atoms with E-state index in [9.17, 15) is 9.59 Å². The van der Waals surface area contributed by atoms with Gasteiger partial charge in [0.25, 0.3) is 5.91 Å². The van der Waals surface area contributed by atoms with Gasteiger partial charge >= 0.3 is 0 Å². The molecule has 6 nitrogen and oxygen atoms in total. The molecule has 1 aromatic rings. The Balaban J connectivity index is 2.55. The minimum absolute atomic E-state index is 0.123. The first-order chi connectivity index (χ1) is 8.99. The van der Waals surface area contributed by atoms with Crippen molar-refractivity contribution in [2.45, 2.75) is 13.5 Å². The zero-order valence-corrected chi connectivity index (χ0v) is 11.6. The summed E-state index contributed by atoms with van der Waals surface area (Å²) in [6.45, 7) is 3.15. The third-order valence-corrected chi connectivity index (χ3v) is 2.44. The van der Waals surface area contributed by atoms with Gasteiger partial charge in [-0.25, -0.2) is 0 Å². The lowest BCUT2D eigenvalue weighted by Gasteiger charge is -2.10. The molecule has 0 radical (unpaired) electrons. The van der Waals surface area contributed by atoms with E-state index < -0.39 is 0 Å². The molecule has 0 saturated heterocycles. The van der Waals surface area contributed by atoms with Crippen LogP contribution in [0, 0.1) is 0 Å². The molecule has 0 aliphatic carbocycles. The first-order valence-corrected chi connectivity index (χ1v) is 6.11. The van der Waals surface area contributed by atoms with Gasteiger partial charge in [-0.3, -0.25) is 14.6 Å². The monoisotopic (exact) mass is 264 g/mol. The number of nitrogens with one attached hydrogen (secondary N) is 2. The molecule has 0 unspecified atom stereocenters. The van der Waals surface area contributed by atoms with Crippen LogP contribution in [0.4, 0.5) is 0 Å². The molecule has 0 bridgehead atoms. The molecular weight excluding hydrogens is 244 g/mol. The van der Waals surface area contributed by atoms with E-state index in [-0.39, 0.29) is 11.8 Å². The summed E-state index contributed by atoms with van der Waals surface area (Å²) < 4.78 is 0. The fourth-order valence-electron chi connectivity index (χ4n) is 1.43. The van der Waals surface area contributed by atoms with Crippen molar-refractivity contribution < 1.29 is 9.59 Å². The van der Waals surface area contributed by atoms with E-state index in [2.05, 4.69) is 15.6 Å². The summed E-state index contributed by atoms with van der Waals surface area (Å²) in [5.74, 6) is -0.254. The van der Waals surface area contributed by atoms with Crippen LogP contribution in [0.1, 0.15) is 23.0 Å². The van der Waals surface area contributed by atoms with Crippen molar-refractivity contribution in [1.29, 1.82) is 0 Å². The molecule has 2 amide bonds. The van der Waals surface area contributed by atoms with Gasteiger partial charge in [-0.05, 0) is 26.2 Å². The summed E-state index contributed by atoms with van der Waals surface area (Å²) in [4.78, 5) is 28.8. The van der Waals surface area contributed by atoms with E-state index in [1.54, 1.807) is 18.3 Å². The van der Waals surface area contributed by atoms with Crippen LogP contribution in [0.3, 0.4) is 0 Å². The molecule has 0 atom stereocenters. The SMILES string of the molecule is CC(=O)NCc1cc(C(=O)NCCN(C)C)ccn1. The topological polar surface area (TPSA) is 74.3 Å². The normalized spacial score (nSPS) is 10.3. The maximum absolute atomic E-state index is 11.9. The lowest BCUT2D eigenvalue weighted by atomic mass is 10.2. The number of hydrogen-bond donors (Lipinski definition) is 2. The minimum atomic E-state index is -0.131. The van der Waals surface area contributed by atoms with Gasteiger partial charge in [0, 0.05) is 31.8 Å². The number of aromatic nitrogens is 1. The Morgan fingerprint density at radius 1 is 1.32 bits per heavy atom. The van der Waals surface area contributed by atoms with Crippen LogP contribution in [0.25, 0.3) is 0 Å². The van der Waals surface area contributed by atoms with E-state index >= 15 is 0 Å². The molecule has 0 aliphatic rings. The molecule has 1 rings (SSSR count). The summed E-state index contributed by atoms with van der Waals surface area (Å²) in [7, 11) is 3.90. The highest BCUT2D eigenvalue weighted by atomic mass is 16.2. The van der Waals surface area contributed by atoms with Crippen LogP contribution in [-0.4, -0.2) is 48.9 Å². The highest BCUT2D eigenvalue weighted by molar-refractivity contribution is 5.94. The van der Waals surface area contributed by atoms with Crippen molar-refractivity contribution in [2.24, 2.45) is 0 Å². The molecule has 2 N–H and O–H groups in total. The third-order valence-electron chi connectivity index (χ3n) is 2.44. The summed E-state index contributed by atoms with van der Waals surface area (Å²) in [5.41, 5.74) is 1.21. The smallest absolute Gasteiger partial charge is 0.251 e. The Morgan fingerprint density at radius 3 is 2.68 bits per heavy atom. The van der Waals surface area contributed by atoms with Crippen LogP contribution >= 0.6 is 0 Å².